The Kier molecular flexibility index (Phi) is 2.85. The average Bonchev–Trinajstić information content (AvgIpc) is 3.32. The molecule has 2 aromatic rings. The van der Waals surface area contributed by atoms with E-state index in [-0.39, 0.29) is 24.5 Å². The maximum Gasteiger partial charge on any atom is 0.229 e. The fraction of sp³-hybridized carbons (Fsp3) is 0.412. The van der Waals surface area contributed by atoms with Crippen LogP contribution < -0.4 is 5.32 Å². The van der Waals surface area contributed by atoms with Crippen LogP contribution in [-0.2, 0) is 20.9 Å². The van der Waals surface area contributed by atoms with E-state index in [0.29, 0.717) is 23.7 Å². The molecule has 0 aromatic carbocycles. The second kappa shape index (κ2) is 4.89. The van der Waals surface area contributed by atoms with E-state index in [0.717, 1.165) is 0 Å². The van der Waals surface area contributed by atoms with Gasteiger partial charge in [-0.05, 0) is 12.1 Å². The molecule has 8 nitrogen and oxygen atoms in total. The Hall–Kier alpha value is -2.74. The van der Waals surface area contributed by atoms with Crippen molar-refractivity contribution >= 4 is 23.0 Å². The fourth-order valence-corrected chi connectivity index (χ4v) is 4.16. The highest BCUT2D eigenvalue weighted by Crippen LogP contribution is 2.51. The number of carbonyl (C=O) groups excluding carboxylic acids is 2. The number of fused-ring (bicyclic) bond motifs is 2. The van der Waals surface area contributed by atoms with Gasteiger partial charge in [-0.2, -0.15) is 4.98 Å². The minimum absolute atomic E-state index is 0.0435. The van der Waals surface area contributed by atoms with Gasteiger partial charge in [0.15, 0.2) is 11.2 Å². The Bertz CT molecular complexity index is 889. The maximum absolute atomic E-state index is 12.7. The van der Waals surface area contributed by atoms with Gasteiger partial charge in [-0.25, -0.2) is 4.98 Å². The third-order valence-corrected chi connectivity index (χ3v) is 5.22. The summed E-state index contributed by atoms with van der Waals surface area (Å²) in [6, 6.07) is 3.53. The number of nitrogens with one attached hydrogen (secondary N) is 1. The number of oxazole rings is 1. The number of likely N-dealkylation sites (N-methyl/N-ethyl adjacent to an activating group) is 1. The first-order valence-corrected chi connectivity index (χ1v) is 8.18. The Balaban J connectivity index is 1.34. The molecule has 2 bridgehead atoms. The first-order valence-electron chi connectivity index (χ1n) is 8.18. The van der Waals surface area contributed by atoms with Gasteiger partial charge in [-0.1, -0.05) is 12.2 Å². The van der Waals surface area contributed by atoms with Crippen LogP contribution in [0.4, 0.5) is 0 Å². The number of aromatic nitrogens is 2. The Morgan fingerprint density at radius 3 is 3.24 bits per heavy atom. The number of hydrogen-bond acceptors (Lipinski definition) is 6. The molecule has 1 spiro atoms. The highest BCUT2D eigenvalue weighted by molar-refractivity contribution is 5.92. The van der Waals surface area contributed by atoms with E-state index in [9.17, 15) is 9.59 Å². The highest BCUT2D eigenvalue weighted by atomic mass is 16.5. The van der Waals surface area contributed by atoms with Crippen molar-refractivity contribution in [3.8, 4) is 0 Å². The molecular weight excluding hydrogens is 324 g/mol. The third-order valence-electron chi connectivity index (χ3n) is 5.22. The topological polar surface area (TPSA) is 97.6 Å². The zero-order valence-electron chi connectivity index (χ0n) is 13.5. The molecule has 2 aromatic heterocycles. The van der Waals surface area contributed by atoms with Crippen LogP contribution in [0.2, 0.25) is 0 Å². The number of likely N-dealkylation sites (tertiary alicyclic amines) is 1. The molecule has 0 unspecified atom stereocenters. The van der Waals surface area contributed by atoms with Crippen molar-refractivity contribution in [2.75, 3.05) is 13.6 Å². The van der Waals surface area contributed by atoms with Crippen LogP contribution in [0, 0.1) is 11.8 Å². The number of amides is 2. The molecule has 3 aliphatic heterocycles. The summed E-state index contributed by atoms with van der Waals surface area (Å²) in [6.07, 6.45) is 5.09. The van der Waals surface area contributed by atoms with E-state index in [4.69, 9.17) is 9.15 Å². The molecular formula is C17H16N4O4. The van der Waals surface area contributed by atoms with Crippen molar-refractivity contribution < 1.29 is 18.7 Å². The van der Waals surface area contributed by atoms with Crippen molar-refractivity contribution in [2.45, 2.75) is 18.2 Å². The van der Waals surface area contributed by atoms with Crippen LogP contribution >= 0.6 is 0 Å². The van der Waals surface area contributed by atoms with Crippen molar-refractivity contribution in [3.63, 3.8) is 0 Å². The van der Waals surface area contributed by atoms with Crippen LogP contribution in [0.1, 0.15) is 5.89 Å². The first kappa shape index (κ1) is 14.6. The Morgan fingerprint density at radius 1 is 1.52 bits per heavy atom. The van der Waals surface area contributed by atoms with Crippen molar-refractivity contribution in [1.82, 2.24) is 20.2 Å². The molecule has 3 aliphatic rings. The van der Waals surface area contributed by atoms with Gasteiger partial charge < -0.3 is 19.4 Å². The maximum atomic E-state index is 12.7. The van der Waals surface area contributed by atoms with Crippen molar-refractivity contribution in [3.05, 3.63) is 36.4 Å². The molecule has 0 saturated carbocycles. The summed E-state index contributed by atoms with van der Waals surface area (Å²) >= 11 is 0. The standard InChI is InChI=1S/C17H16N4O4/c1-21-8-17-5-4-9(25-17)12(13(17)16(21)23)15(22)19-7-11-20-14-10(24-11)3-2-6-18-14/h2-6,9,12-13H,7-8H2,1H3,(H,19,22)/t9-,12-,13+,17-/m0/s1. The van der Waals surface area contributed by atoms with E-state index < -0.39 is 17.4 Å². The molecule has 1 N–H and O–H groups in total. The molecule has 2 fully saturated rings. The van der Waals surface area contributed by atoms with Gasteiger partial charge in [0.25, 0.3) is 0 Å². The number of nitrogens with zero attached hydrogens (tertiary/aromatic N) is 3. The minimum atomic E-state index is -0.653. The van der Waals surface area contributed by atoms with Gasteiger partial charge in [0.05, 0.1) is 31.0 Å². The number of carbonyl (C=O) groups is 2. The largest absolute Gasteiger partial charge is 0.437 e. The highest BCUT2D eigenvalue weighted by Gasteiger charge is 2.66. The monoisotopic (exact) mass is 340 g/mol. The van der Waals surface area contributed by atoms with E-state index in [2.05, 4.69) is 15.3 Å². The summed E-state index contributed by atoms with van der Waals surface area (Å²) in [6.45, 7) is 0.635. The van der Waals surface area contributed by atoms with Crippen LogP contribution in [0.3, 0.4) is 0 Å². The zero-order chi connectivity index (χ0) is 17.2. The van der Waals surface area contributed by atoms with Crippen LogP contribution in [-0.4, -0.2) is 52.0 Å². The number of pyridine rings is 1. The van der Waals surface area contributed by atoms with E-state index in [1.165, 1.54) is 0 Å². The molecule has 4 atom stereocenters. The predicted octanol–water partition coefficient (Wildman–Crippen LogP) is 0.251. The Morgan fingerprint density at radius 2 is 2.40 bits per heavy atom. The third kappa shape index (κ3) is 1.97. The van der Waals surface area contributed by atoms with Crippen LogP contribution in [0.5, 0.6) is 0 Å². The fourth-order valence-electron chi connectivity index (χ4n) is 4.16. The van der Waals surface area contributed by atoms with Crippen LogP contribution in [0.15, 0.2) is 34.9 Å². The van der Waals surface area contributed by atoms with Gasteiger partial charge in [-0.15, -0.1) is 0 Å². The molecule has 8 heteroatoms. The van der Waals surface area contributed by atoms with E-state index >= 15 is 0 Å². The van der Waals surface area contributed by atoms with Gasteiger partial charge in [-0.3, -0.25) is 9.59 Å². The lowest BCUT2D eigenvalue weighted by atomic mass is 9.77. The normalized spacial score (nSPS) is 32.6. The smallest absolute Gasteiger partial charge is 0.229 e. The molecule has 5 rings (SSSR count). The van der Waals surface area contributed by atoms with Crippen molar-refractivity contribution in [1.29, 1.82) is 0 Å². The summed E-state index contributed by atoms with van der Waals surface area (Å²) in [7, 11) is 1.74. The minimum Gasteiger partial charge on any atom is -0.437 e. The molecule has 0 radical (unpaired) electrons. The first-order chi connectivity index (χ1) is 12.1. The number of ether oxygens (including phenoxy) is 1. The molecule has 25 heavy (non-hydrogen) atoms. The molecule has 0 aliphatic carbocycles. The molecule has 128 valence electrons. The van der Waals surface area contributed by atoms with E-state index in [1.807, 2.05) is 12.2 Å². The van der Waals surface area contributed by atoms with Crippen molar-refractivity contribution in [2.24, 2.45) is 11.8 Å². The summed E-state index contributed by atoms with van der Waals surface area (Å²) < 4.78 is 11.5. The van der Waals surface area contributed by atoms with E-state index in [1.54, 1.807) is 30.3 Å². The predicted molar refractivity (Wildman–Crippen MR) is 85.0 cm³/mol. The molecule has 2 amide bonds. The SMILES string of the molecule is CN1C[C@]23C=C[C@H](O2)[C@H](C(=O)NCc2nc4ncccc4o2)[C@@H]3C1=O. The van der Waals surface area contributed by atoms with Gasteiger partial charge in [0.2, 0.25) is 17.7 Å². The lowest BCUT2D eigenvalue weighted by Crippen LogP contribution is -2.43. The summed E-state index contributed by atoms with van der Waals surface area (Å²) in [5.74, 6) is -0.868. The summed E-state index contributed by atoms with van der Waals surface area (Å²) in [5, 5.41) is 2.82. The zero-order valence-corrected chi connectivity index (χ0v) is 13.5. The number of hydrogen-bond donors (Lipinski definition) is 1. The summed E-state index contributed by atoms with van der Waals surface area (Å²) in [5.41, 5.74) is 0.425. The van der Waals surface area contributed by atoms with Gasteiger partial charge in [0.1, 0.15) is 5.60 Å². The van der Waals surface area contributed by atoms with Gasteiger partial charge >= 0.3 is 0 Å². The Labute approximate surface area is 142 Å². The lowest BCUT2D eigenvalue weighted by molar-refractivity contribution is -0.136. The number of rotatable bonds is 3. The second-order valence-electron chi connectivity index (χ2n) is 6.74. The average molecular weight is 340 g/mol. The van der Waals surface area contributed by atoms with Crippen LogP contribution in [0.25, 0.3) is 11.2 Å². The molecule has 2 saturated heterocycles. The van der Waals surface area contributed by atoms with Gasteiger partial charge in [0, 0.05) is 13.2 Å². The molecule has 5 heterocycles. The second-order valence-corrected chi connectivity index (χ2v) is 6.74. The quantitative estimate of drug-likeness (QED) is 0.805. The lowest BCUT2D eigenvalue weighted by Gasteiger charge is -2.23. The summed E-state index contributed by atoms with van der Waals surface area (Å²) in [4.78, 5) is 35.2.